The third-order valence-corrected chi connectivity index (χ3v) is 10.9. The zero-order valence-electron chi connectivity index (χ0n) is 14.3. The van der Waals surface area contributed by atoms with Crippen LogP contribution in [-0.4, -0.2) is 55.6 Å². The van der Waals surface area contributed by atoms with Gasteiger partial charge >= 0.3 is 7.05 Å². The lowest BCUT2D eigenvalue weighted by Crippen LogP contribution is -2.54. The van der Waals surface area contributed by atoms with Gasteiger partial charge in [0.25, 0.3) is 0 Å². The number of rotatable bonds is 5. The third kappa shape index (κ3) is 2.34. The van der Waals surface area contributed by atoms with E-state index in [9.17, 15) is 5.02 Å². The van der Waals surface area contributed by atoms with E-state index in [1.54, 1.807) is 0 Å². The molecule has 4 nitrogen and oxygen atoms in total. The van der Waals surface area contributed by atoms with Crippen molar-refractivity contribution in [2.24, 2.45) is 0 Å². The zero-order chi connectivity index (χ0) is 15.6. The number of nitrogens with zero attached hydrogens (tertiary/aromatic N) is 1. The van der Waals surface area contributed by atoms with E-state index in [0.717, 1.165) is 25.9 Å². The van der Waals surface area contributed by atoms with Crippen molar-refractivity contribution < 1.29 is 14.2 Å². The fourth-order valence-electron chi connectivity index (χ4n) is 4.20. The summed E-state index contributed by atoms with van der Waals surface area (Å²) in [6.45, 7) is 14.1. The molecule has 3 fully saturated rings. The van der Waals surface area contributed by atoms with Gasteiger partial charge in [-0.25, -0.2) is 0 Å². The van der Waals surface area contributed by atoms with E-state index in [1.807, 2.05) is 6.82 Å². The number of morpholine rings is 1. The molecule has 0 aliphatic carbocycles. The molecule has 0 spiro atoms. The Morgan fingerprint density at radius 1 is 1.43 bits per heavy atom. The van der Waals surface area contributed by atoms with E-state index >= 15 is 0 Å². The highest BCUT2D eigenvalue weighted by molar-refractivity contribution is 6.74. The zero-order valence-corrected chi connectivity index (χ0v) is 15.3. The SMILES string of the molecule is CB(O)N1C2CCC1(CCO[Si](C)(C)C(C)(C)C)C1OC21. The van der Waals surface area contributed by atoms with E-state index in [1.165, 1.54) is 0 Å². The first-order valence-electron chi connectivity index (χ1n) is 8.36. The maximum atomic E-state index is 10.2. The van der Waals surface area contributed by atoms with Crippen LogP contribution in [0.25, 0.3) is 0 Å². The van der Waals surface area contributed by atoms with Gasteiger partial charge in [-0.3, -0.25) is 0 Å². The number of hydrogen-bond donors (Lipinski definition) is 1. The van der Waals surface area contributed by atoms with Gasteiger partial charge in [-0.1, -0.05) is 20.8 Å². The van der Waals surface area contributed by atoms with Crippen molar-refractivity contribution in [1.29, 1.82) is 0 Å². The molecule has 0 aromatic carbocycles. The summed E-state index contributed by atoms with van der Waals surface area (Å²) in [5, 5.41) is 10.4. The van der Waals surface area contributed by atoms with E-state index < -0.39 is 8.32 Å². The van der Waals surface area contributed by atoms with Crippen LogP contribution in [-0.2, 0) is 9.16 Å². The number of fused-ring (bicyclic) bond motifs is 5. The minimum atomic E-state index is -1.69. The lowest BCUT2D eigenvalue weighted by atomic mass is 9.78. The van der Waals surface area contributed by atoms with Gasteiger partial charge in [0.1, 0.15) is 12.2 Å². The highest BCUT2D eigenvalue weighted by Crippen LogP contribution is 2.58. The Morgan fingerprint density at radius 3 is 2.67 bits per heavy atom. The number of ether oxygens (including phenoxy) is 1. The summed E-state index contributed by atoms with van der Waals surface area (Å²) in [7, 11) is -2.06. The van der Waals surface area contributed by atoms with Crippen molar-refractivity contribution >= 4 is 15.4 Å². The van der Waals surface area contributed by atoms with Crippen LogP contribution in [0.5, 0.6) is 0 Å². The maximum Gasteiger partial charge on any atom is 0.377 e. The van der Waals surface area contributed by atoms with E-state index in [2.05, 4.69) is 38.7 Å². The third-order valence-electron chi connectivity index (χ3n) is 6.39. The first kappa shape index (κ1) is 16.0. The molecule has 3 aliphatic heterocycles. The van der Waals surface area contributed by atoms with Crippen LogP contribution >= 0.6 is 0 Å². The molecular formula is C15H30BNO3Si. The molecule has 120 valence electrons. The van der Waals surface area contributed by atoms with Gasteiger partial charge in [-0.2, -0.15) is 0 Å². The predicted molar refractivity (Wildman–Crippen MR) is 87.9 cm³/mol. The van der Waals surface area contributed by atoms with Crippen LogP contribution in [0.4, 0.5) is 0 Å². The van der Waals surface area contributed by atoms with E-state index in [4.69, 9.17) is 9.16 Å². The lowest BCUT2D eigenvalue weighted by Gasteiger charge is -2.40. The van der Waals surface area contributed by atoms with Crippen LogP contribution in [0.3, 0.4) is 0 Å². The normalized spacial score (nSPS) is 38.7. The summed E-state index contributed by atoms with van der Waals surface area (Å²) in [5.74, 6) is 0. The van der Waals surface area contributed by atoms with Crippen LogP contribution in [0.1, 0.15) is 40.0 Å². The average Bonchev–Trinajstić information content (AvgIpc) is 3.00. The van der Waals surface area contributed by atoms with Gasteiger partial charge in [-0.05, 0) is 44.2 Å². The Bertz CT molecular complexity index is 426. The first-order chi connectivity index (χ1) is 9.60. The molecule has 3 aliphatic rings. The van der Waals surface area contributed by atoms with Gasteiger partial charge < -0.3 is 19.0 Å². The summed E-state index contributed by atoms with van der Waals surface area (Å²) in [6, 6.07) is 0.433. The molecule has 0 saturated carbocycles. The van der Waals surface area contributed by atoms with Gasteiger partial charge in [0.2, 0.25) is 0 Å². The summed E-state index contributed by atoms with van der Waals surface area (Å²) < 4.78 is 12.2. The molecule has 1 N–H and O–H groups in total. The number of epoxide rings is 1. The predicted octanol–water partition coefficient (Wildman–Crippen LogP) is 2.49. The molecule has 0 aromatic heterocycles. The Hall–Kier alpha value is 0.122. The van der Waals surface area contributed by atoms with Crippen molar-refractivity contribution in [1.82, 2.24) is 4.81 Å². The van der Waals surface area contributed by atoms with Crippen LogP contribution in [0.15, 0.2) is 0 Å². The smallest absolute Gasteiger partial charge is 0.377 e. The Balaban J connectivity index is 1.65. The highest BCUT2D eigenvalue weighted by atomic mass is 28.4. The highest BCUT2D eigenvalue weighted by Gasteiger charge is 2.72. The van der Waals surface area contributed by atoms with Gasteiger partial charge in [0.05, 0.1) is 0 Å². The molecule has 0 radical (unpaired) electrons. The standard InChI is InChI=1S/C15H30BNO3Si/c1-14(2,3)21(5,6)19-10-9-15-8-7-11(12-13(15)20-12)17(15)16(4)18/h11-13,18H,7-10H2,1-6H3. The van der Waals surface area contributed by atoms with Crippen molar-refractivity contribution in [3.8, 4) is 0 Å². The minimum absolute atomic E-state index is 0.0336. The summed E-state index contributed by atoms with van der Waals surface area (Å²) in [6.07, 6.45) is 4.01. The molecule has 3 saturated heterocycles. The van der Waals surface area contributed by atoms with Crippen molar-refractivity contribution in [2.45, 2.75) is 88.8 Å². The Labute approximate surface area is 130 Å². The summed E-state index contributed by atoms with van der Waals surface area (Å²) in [5.41, 5.74) is 0.0336. The summed E-state index contributed by atoms with van der Waals surface area (Å²) in [4.78, 5) is 2.32. The quantitative estimate of drug-likeness (QED) is 0.626. The van der Waals surface area contributed by atoms with Crippen molar-refractivity contribution in [3.05, 3.63) is 0 Å². The second-order valence-corrected chi connectivity index (χ2v) is 13.4. The molecule has 21 heavy (non-hydrogen) atoms. The van der Waals surface area contributed by atoms with Crippen LogP contribution in [0, 0.1) is 0 Å². The largest absolute Gasteiger partial charge is 0.437 e. The molecule has 4 atom stereocenters. The second kappa shape index (κ2) is 4.81. The Kier molecular flexibility index (Phi) is 3.66. The molecule has 0 amide bonds. The molecule has 3 heterocycles. The maximum absolute atomic E-state index is 10.2. The molecule has 0 aromatic rings. The molecule has 3 rings (SSSR count). The molecular weight excluding hydrogens is 281 g/mol. The molecule has 4 unspecified atom stereocenters. The lowest BCUT2D eigenvalue weighted by molar-refractivity contribution is 0.0930. The first-order valence-corrected chi connectivity index (χ1v) is 11.3. The average molecular weight is 311 g/mol. The van der Waals surface area contributed by atoms with E-state index in [0.29, 0.717) is 18.2 Å². The van der Waals surface area contributed by atoms with Crippen molar-refractivity contribution in [2.75, 3.05) is 6.61 Å². The fourth-order valence-corrected chi connectivity index (χ4v) is 5.25. The topological polar surface area (TPSA) is 45.2 Å². The van der Waals surface area contributed by atoms with Crippen LogP contribution in [0.2, 0.25) is 25.0 Å². The Morgan fingerprint density at radius 2 is 2.10 bits per heavy atom. The summed E-state index contributed by atoms with van der Waals surface area (Å²) >= 11 is 0. The van der Waals surface area contributed by atoms with E-state index in [-0.39, 0.29) is 17.6 Å². The van der Waals surface area contributed by atoms with Crippen molar-refractivity contribution in [3.63, 3.8) is 0 Å². The van der Waals surface area contributed by atoms with Gasteiger partial charge in [0.15, 0.2) is 8.32 Å². The number of hydrogen-bond acceptors (Lipinski definition) is 4. The molecule has 6 heteroatoms. The van der Waals surface area contributed by atoms with Gasteiger partial charge in [-0.15, -0.1) is 0 Å². The fraction of sp³-hybridized carbons (Fsp3) is 1.00. The van der Waals surface area contributed by atoms with Crippen LogP contribution < -0.4 is 0 Å². The monoisotopic (exact) mass is 311 g/mol. The van der Waals surface area contributed by atoms with Gasteiger partial charge in [0, 0.05) is 18.2 Å². The minimum Gasteiger partial charge on any atom is -0.437 e. The second-order valence-electron chi connectivity index (χ2n) is 8.63. The molecule has 2 bridgehead atoms.